The molecule has 0 atom stereocenters. The van der Waals surface area contributed by atoms with E-state index in [1.165, 1.54) is 41.7 Å². The average molecular weight is 413 g/mol. The monoisotopic (exact) mass is 412 g/mol. The number of hydrogen-bond acceptors (Lipinski definition) is 4. The van der Waals surface area contributed by atoms with E-state index in [4.69, 9.17) is 16.3 Å². The molecule has 1 fully saturated rings. The first-order valence-electron chi connectivity index (χ1n) is 8.27. The minimum absolute atomic E-state index is 0.0586. The zero-order chi connectivity index (χ0) is 19.6. The first-order chi connectivity index (χ1) is 12.8. The molecule has 1 N–H and O–H groups in total. The molecule has 27 heavy (non-hydrogen) atoms. The Kier molecular flexibility index (Phi) is 5.69. The predicted octanol–water partition coefficient (Wildman–Crippen LogP) is 3.52. The third kappa shape index (κ3) is 4.07. The average Bonchev–Trinajstić information content (AvgIpc) is 3.20. The van der Waals surface area contributed by atoms with Crippen LogP contribution in [0.3, 0.4) is 0 Å². The van der Waals surface area contributed by atoms with Crippen molar-refractivity contribution in [3.63, 3.8) is 0 Å². The highest BCUT2D eigenvalue weighted by atomic mass is 35.5. The molecule has 0 spiro atoms. The molecular formula is C18H18ClFN2O4S. The number of methoxy groups -OCH3 is 1. The highest BCUT2D eigenvalue weighted by Gasteiger charge is 2.30. The summed E-state index contributed by atoms with van der Waals surface area (Å²) < 4.78 is 45.6. The molecular weight excluding hydrogens is 395 g/mol. The van der Waals surface area contributed by atoms with Gasteiger partial charge in [0.15, 0.2) is 0 Å². The molecule has 1 aliphatic rings. The number of benzene rings is 2. The summed E-state index contributed by atoms with van der Waals surface area (Å²) >= 11 is 5.71. The lowest BCUT2D eigenvalue weighted by Gasteiger charge is -2.18. The third-order valence-electron chi connectivity index (χ3n) is 4.29. The second-order valence-corrected chi connectivity index (χ2v) is 8.37. The van der Waals surface area contributed by atoms with E-state index < -0.39 is 21.7 Å². The number of carbonyl (C=O) groups is 1. The van der Waals surface area contributed by atoms with Gasteiger partial charge in [-0.15, -0.1) is 0 Å². The van der Waals surface area contributed by atoms with E-state index in [-0.39, 0.29) is 21.2 Å². The van der Waals surface area contributed by atoms with Crippen LogP contribution in [0.4, 0.5) is 10.1 Å². The lowest BCUT2D eigenvalue weighted by atomic mass is 10.2. The summed E-state index contributed by atoms with van der Waals surface area (Å²) in [6, 6.07) is 7.96. The van der Waals surface area contributed by atoms with Gasteiger partial charge in [-0.05, 0) is 49.2 Å². The highest BCUT2D eigenvalue weighted by molar-refractivity contribution is 7.89. The normalized spacial score (nSPS) is 14.9. The maximum atomic E-state index is 13.2. The Bertz CT molecular complexity index is 975. The lowest BCUT2D eigenvalue weighted by molar-refractivity contribution is 0.102. The van der Waals surface area contributed by atoms with Gasteiger partial charge < -0.3 is 10.1 Å². The number of rotatable bonds is 5. The van der Waals surface area contributed by atoms with Crippen LogP contribution in [0.1, 0.15) is 23.2 Å². The largest absolute Gasteiger partial charge is 0.495 e. The van der Waals surface area contributed by atoms with Gasteiger partial charge in [-0.1, -0.05) is 11.6 Å². The molecule has 0 unspecified atom stereocenters. The number of amides is 1. The number of nitrogens with one attached hydrogen (secondary N) is 1. The van der Waals surface area contributed by atoms with Crippen molar-refractivity contribution in [3.8, 4) is 5.75 Å². The van der Waals surface area contributed by atoms with Gasteiger partial charge in [-0.2, -0.15) is 4.31 Å². The van der Waals surface area contributed by atoms with E-state index in [9.17, 15) is 17.6 Å². The number of anilines is 1. The molecule has 2 aromatic carbocycles. The Morgan fingerprint density at radius 3 is 2.52 bits per heavy atom. The minimum atomic E-state index is -3.77. The number of sulfonamides is 1. The quantitative estimate of drug-likeness (QED) is 0.815. The summed E-state index contributed by atoms with van der Waals surface area (Å²) in [5.74, 6) is -0.973. The van der Waals surface area contributed by atoms with E-state index >= 15 is 0 Å². The van der Waals surface area contributed by atoms with E-state index in [0.29, 0.717) is 18.8 Å². The molecule has 1 amide bonds. The molecule has 144 valence electrons. The van der Waals surface area contributed by atoms with Crippen LogP contribution in [0.5, 0.6) is 5.75 Å². The molecule has 2 aromatic rings. The van der Waals surface area contributed by atoms with E-state index in [0.717, 1.165) is 18.9 Å². The maximum absolute atomic E-state index is 13.2. The van der Waals surface area contributed by atoms with Gasteiger partial charge in [0, 0.05) is 24.3 Å². The molecule has 0 aliphatic carbocycles. The van der Waals surface area contributed by atoms with Crippen molar-refractivity contribution < 1.29 is 22.3 Å². The molecule has 1 saturated heterocycles. The van der Waals surface area contributed by atoms with E-state index in [1.54, 1.807) is 0 Å². The van der Waals surface area contributed by atoms with Crippen LogP contribution in [-0.2, 0) is 10.0 Å². The van der Waals surface area contributed by atoms with Crippen LogP contribution < -0.4 is 10.1 Å². The number of ether oxygens (including phenoxy) is 1. The molecule has 0 bridgehead atoms. The van der Waals surface area contributed by atoms with Crippen molar-refractivity contribution in [1.82, 2.24) is 4.31 Å². The van der Waals surface area contributed by atoms with Crippen molar-refractivity contribution in [2.24, 2.45) is 0 Å². The van der Waals surface area contributed by atoms with Crippen molar-refractivity contribution in [2.75, 3.05) is 25.5 Å². The SMILES string of the molecule is COc1ccc(C(=O)Nc2ccc(F)c(Cl)c2)cc1S(=O)(=O)N1CCCC1. The van der Waals surface area contributed by atoms with Crippen LogP contribution >= 0.6 is 11.6 Å². The van der Waals surface area contributed by atoms with E-state index in [2.05, 4.69) is 5.32 Å². The van der Waals surface area contributed by atoms with Crippen LogP contribution in [0.2, 0.25) is 5.02 Å². The Morgan fingerprint density at radius 2 is 1.89 bits per heavy atom. The molecule has 0 radical (unpaired) electrons. The molecule has 0 aromatic heterocycles. The fourth-order valence-corrected chi connectivity index (χ4v) is 4.74. The Hall–Kier alpha value is -2.16. The summed E-state index contributed by atoms with van der Waals surface area (Å²) in [6.07, 6.45) is 1.60. The number of hydrogen-bond donors (Lipinski definition) is 1. The fraction of sp³-hybridized carbons (Fsp3) is 0.278. The summed E-state index contributed by atoms with van der Waals surface area (Å²) in [5.41, 5.74) is 0.431. The number of carbonyl (C=O) groups excluding carboxylic acids is 1. The molecule has 0 saturated carbocycles. The number of halogens is 2. The van der Waals surface area contributed by atoms with Gasteiger partial charge in [-0.3, -0.25) is 4.79 Å². The van der Waals surface area contributed by atoms with Gasteiger partial charge in [0.25, 0.3) is 5.91 Å². The Labute approximate surface area is 161 Å². The first kappa shape index (κ1) is 19.6. The topological polar surface area (TPSA) is 75.7 Å². The van der Waals surface area contributed by atoms with Crippen LogP contribution in [-0.4, -0.2) is 38.8 Å². The van der Waals surface area contributed by atoms with Crippen molar-refractivity contribution in [2.45, 2.75) is 17.7 Å². The molecule has 9 heteroatoms. The van der Waals surface area contributed by atoms with E-state index in [1.807, 2.05) is 0 Å². The van der Waals surface area contributed by atoms with Gasteiger partial charge in [-0.25, -0.2) is 12.8 Å². The Morgan fingerprint density at radius 1 is 1.19 bits per heavy atom. The third-order valence-corrected chi connectivity index (χ3v) is 6.50. The van der Waals surface area contributed by atoms with Gasteiger partial charge in [0.1, 0.15) is 16.5 Å². The van der Waals surface area contributed by atoms with Gasteiger partial charge in [0.05, 0.1) is 12.1 Å². The molecule has 3 rings (SSSR count). The first-order valence-corrected chi connectivity index (χ1v) is 10.1. The van der Waals surface area contributed by atoms with Crippen molar-refractivity contribution in [1.29, 1.82) is 0 Å². The highest BCUT2D eigenvalue weighted by Crippen LogP contribution is 2.30. The van der Waals surface area contributed by atoms with Crippen molar-refractivity contribution in [3.05, 3.63) is 52.8 Å². The molecule has 1 aliphatic heterocycles. The van der Waals surface area contributed by atoms with Crippen LogP contribution in [0, 0.1) is 5.82 Å². The van der Waals surface area contributed by atoms with Crippen LogP contribution in [0.25, 0.3) is 0 Å². The number of nitrogens with zero attached hydrogens (tertiary/aromatic N) is 1. The maximum Gasteiger partial charge on any atom is 0.255 e. The zero-order valence-corrected chi connectivity index (χ0v) is 16.1. The second-order valence-electron chi connectivity index (χ2n) is 6.06. The Balaban J connectivity index is 1.92. The van der Waals surface area contributed by atoms with Gasteiger partial charge >= 0.3 is 0 Å². The zero-order valence-electron chi connectivity index (χ0n) is 14.5. The van der Waals surface area contributed by atoms with Gasteiger partial charge in [0.2, 0.25) is 10.0 Å². The predicted molar refractivity (Wildman–Crippen MR) is 100 cm³/mol. The summed E-state index contributed by atoms with van der Waals surface area (Å²) in [6.45, 7) is 0.881. The fourth-order valence-electron chi connectivity index (χ4n) is 2.86. The summed E-state index contributed by atoms with van der Waals surface area (Å²) in [7, 11) is -2.39. The smallest absolute Gasteiger partial charge is 0.255 e. The second kappa shape index (κ2) is 7.84. The summed E-state index contributed by atoms with van der Waals surface area (Å²) in [4.78, 5) is 12.5. The lowest BCUT2D eigenvalue weighted by Crippen LogP contribution is -2.28. The standard InChI is InChI=1S/C18H18ClFN2O4S/c1-26-16-7-4-12(10-17(16)27(24,25)22-8-2-3-9-22)18(23)21-13-5-6-15(20)14(19)11-13/h4-7,10-11H,2-3,8-9H2,1H3,(H,21,23). The van der Waals surface area contributed by atoms with Crippen LogP contribution in [0.15, 0.2) is 41.3 Å². The summed E-state index contributed by atoms with van der Waals surface area (Å²) in [5, 5.41) is 2.45. The molecule has 1 heterocycles. The van der Waals surface area contributed by atoms with Crippen molar-refractivity contribution >= 4 is 33.2 Å². The molecule has 6 nitrogen and oxygen atoms in total. The minimum Gasteiger partial charge on any atom is -0.495 e.